The molecule has 0 saturated heterocycles. The first-order chi connectivity index (χ1) is 8.49. The zero-order chi connectivity index (χ0) is 13.5. The second-order valence-corrected chi connectivity index (χ2v) is 5.52. The van der Waals surface area contributed by atoms with Gasteiger partial charge in [-0.05, 0) is 38.3 Å². The topological polar surface area (TPSA) is 24.9 Å². The second kappa shape index (κ2) is 7.47. The van der Waals surface area contributed by atoms with Gasteiger partial charge in [-0.2, -0.15) is 0 Å². The van der Waals surface area contributed by atoms with E-state index in [2.05, 4.69) is 38.0 Å². The van der Waals surface area contributed by atoms with Gasteiger partial charge in [0.15, 0.2) is 0 Å². The molecule has 0 bridgehead atoms. The van der Waals surface area contributed by atoms with Crippen LogP contribution >= 0.6 is 0 Å². The van der Waals surface area contributed by atoms with Gasteiger partial charge < -0.3 is 5.32 Å². The maximum absolute atomic E-state index is 12.8. The van der Waals surface area contributed by atoms with Crippen molar-refractivity contribution in [2.75, 3.05) is 0 Å². The first-order valence-corrected chi connectivity index (χ1v) is 6.86. The molecule has 0 aliphatic heterocycles. The van der Waals surface area contributed by atoms with E-state index in [9.17, 15) is 4.39 Å². The number of pyridine rings is 1. The van der Waals surface area contributed by atoms with Crippen molar-refractivity contribution in [1.82, 2.24) is 10.3 Å². The maximum atomic E-state index is 12.8. The average molecular weight is 252 g/mol. The van der Waals surface area contributed by atoms with E-state index >= 15 is 0 Å². The molecule has 102 valence electrons. The number of hydrogen-bond donors (Lipinski definition) is 1. The van der Waals surface area contributed by atoms with Gasteiger partial charge >= 0.3 is 0 Å². The number of nitrogens with zero attached hydrogens (tertiary/aromatic N) is 1. The van der Waals surface area contributed by atoms with Crippen LogP contribution in [0.2, 0.25) is 0 Å². The molecular formula is C15H25FN2. The van der Waals surface area contributed by atoms with Gasteiger partial charge in [-0.1, -0.05) is 26.7 Å². The summed E-state index contributed by atoms with van der Waals surface area (Å²) >= 11 is 0. The Hall–Kier alpha value is -0.960. The number of nitrogens with one attached hydrogen (secondary N) is 1. The summed E-state index contributed by atoms with van der Waals surface area (Å²) in [5, 5.41) is 3.50. The van der Waals surface area contributed by atoms with Gasteiger partial charge in [0, 0.05) is 12.1 Å². The summed E-state index contributed by atoms with van der Waals surface area (Å²) in [6.07, 6.45) is 4.96. The van der Waals surface area contributed by atoms with Gasteiger partial charge in [-0.15, -0.1) is 0 Å². The van der Waals surface area contributed by atoms with Crippen LogP contribution in [0.3, 0.4) is 0 Å². The summed E-state index contributed by atoms with van der Waals surface area (Å²) in [4.78, 5) is 4.10. The predicted octanol–water partition coefficient (Wildman–Crippen LogP) is 4.09. The van der Waals surface area contributed by atoms with Crippen LogP contribution in [0.15, 0.2) is 18.3 Å². The van der Waals surface area contributed by atoms with E-state index in [1.165, 1.54) is 31.5 Å². The Labute approximate surface area is 110 Å². The van der Waals surface area contributed by atoms with Gasteiger partial charge in [0.25, 0.3) is 0 Å². The molecule has 1 rings (SSSR count). The van der Waals surface area contributed by atoms with E-state index < -0.39 is 0 Å². The van der Waals surface area contributed by atoms with Crippen molar-refractivity contribution in [3.05, 3.63) is 29.8 Å². The van der Waals surface area contributed by atoms with E-state index in [-0.39, 0.29) is 11.9 Å². The van der Waals surface area contributed by atoms with E-state index in [0.29, 0.717) is 6.04 Å². The molecule has 2 unspecified atom stereocenters. The third-order valence-electron chi connectivity index (χ3n) is 3.15. The molecule has 3 heteroatoms. The molecule has 1 heterocycles. The van der Waals surface area contributed by atoms with Crippen LogP contribution in [0, 0.1) is 11.7 Å². The molecule has 2 atom stereocenters. The first-order valence-electron chi connectivity index (χ1n) is 6.86. The highest BCUT2D eigenvalue weighted by atomic mass is 19.1. The third kappa shape index (κ3) is 5.58. The highest BCUT2D eigenvalue weighted by molar-refractivity contribution is 5.09. The van der Waals surface area contributed by atoms with Gasteiger partial charge in [0.05, 0.1) is 11.9 Å². The van der Waals surface area contributed by atoms with Crippen molar-refractivity contribution in [2.45, 2.75) is 59.0 Å². The quantitative estimate of drug-likeness (QED) is 0.790. The lowest BCUT2D eigenvalue weighted by atomic mass is 10.0. The van der Waals surface area contributed by atoms with Gasteiger partial charge in [-0.25, -0.2) is 4.39 Å². The minimum absolute atomic E-state index is 0.166. The molecule has 1 aromatic heterocycles. The summed E-state index contributed by atoms with van der Waals surface area (Å²) < 4.78 is 12.8. The molecule has 0 radical (unpaired) electrons. The van der Waals surface area contributed by atoms with E-state index in [1.807, 2.05) is 0 Å². The van der Waals surface area contributed by atoms with Crippen molar-refractivity contribution in [2.24, 2.45) is 5.92 Å². The molecular weight excluding hydrogens is 227 g/mol. The van der Waals surface area contributed by atoms with Crippen LogP contribution in [-0.4, -0.2) is 11.0 Å². The van der Waals surface area contributed by atoms with Crippen molar-refractivity contribution >= 4 is 0 Å². The van der Waals surface area contributed by atoms with Crippen molar-refractivity contribution in [3.63, 3.8) is 0 Å². The highest BCUT2D eigenvalue weighted by Gasteiger charge is 2.10. The largest absolute Gasteiger partial charge is 0.306 e. The Kier molecular flexibility index (Phi) is 6.27. The predicted molar refractivity (Wildman–Crippen MR) is 73.9 cm³/mol. The number of hydrogen-bond acceptors (Lipinski definition) is 2. The Balaban J connectivity index is 2.34. The SMILES string of the molecule is CC(C)CCCC(C)NC(C)c1ccc(F)cn1. The Morgan fingerprint density at radius 1 is 1.17 bits per heavy atom. The maximum Gasteiger partial charge on any atom is 0.141 e. The van der Waals surface area contributed by atoms with Crippen LogP contribution in [0.1, 0.15) is 58.7 Å². The number of aromatic nitrogens is 1. The fourth-order valence-corrected chi connectivity index (χ4v) is 2.07. The average Bonchev–Trinajstić information content (AvgIpc) is 2.29. The smallest absolute Gasteiger partial charge is 0.141 e. The normalized spacial score (nSPS) is 14.8. The molecule has 0 aliphatic rings. The lowest BCUT2D eigenvalue weighted by Crippen LogP contribution is -2.29. The molecule has 0 spiro atoms. The number of halogens is 1. The van der Waals surface area contributed by atoms with Crippen molar-refractivity contribution in [3.8, 4) is 0 Å². The molecule has 0 amide bonds. The molecule has 1 aromatic rings. The zero-order valence-electron chi connectivity index (χ0n) is 11.9. The van der Waals surface area contributed by atoms with Gasteiger partial charge in [-0.3, -0.25) is 4.98 Å². The number of rotatable bonds is 7. The van der Waals surface area contributed by atoms with Crippen molar-refractivity contribution < 1.29 is 4.39 Å². The Morgan fingerprint density at radius 3 is 2.44 bits per heavy atom. The van der Waals surface area contributed by atoms with Crippen LogP contribution in [-0.2, 0) is 0 Å². The fraction of sp³-hybridized carbons (Fsp3) is 0.667. The lowest BCUT2D eigenvalue weighted by Gasteiger charge is -2.20. The summed E-state index contributed by atoms with van der Waals surface area (Å²) in [5.41, 5.74) is 0.895. The molecule has 1 N–H and O–H groups in total. The van der Waals surface area contributed by atoms with Crippen LogP contribution < -0.4 is 5.32 Å². The zero-order valence-corrected chi connectivity index (χ0v) is 11.9. The Morgan fingerprint density at radius 2 is 1.89 bits per heavy atom. The van der Waals surface area contributed by atoms with E-state index in [4.69, 9.17) is 0 Å². The summed E-state index contributed by atoms with van der Waals surface area (Å²) in [7, 11) is 0. The van der Waals surface area contributed by atoms with Crippen LogP contribution in [0.5, 0.6) is 0 Å². The minimum atomic E-state index is -0.282. The fourth-order valence-electron chi connectivity index (χ4n) is 2.07. The summed E-state index contributed by atoms with van der Waals surface area (Å²) in [6, 6.07) is 3.84. The van der Waals surface area contributed by atoms with E-state index in [0.717, 1.165) is 11.6 Å². The monoisotopic (exact) mass is 252 g/mol. The van der Waals surface area contributed by atoms with Crippen LogP contribution in [0.25, 0.3) is 0 Å². The molecule has 0 aromatic carbocycles. The van der Waals surface area contributed by atoms with Crippen molar-refractivity contribution in [1.29, 1.82) is 0 Å². The molecule has 2 nitrogen and oxygen atoms in total. The van der Waals surface area contributed by atoms with Gasteiger partial charge in [0.1, 0.15) is 5.82 Å². The highest BCUT2D eigenvalue weighted by Crippen LogP contribution is 2.13. The Bertz CT molecular complexity index is 335. The standard InChI is InChI=1S/C15H25FN2/c1-11(2)6-5-7-12(3)18-13(4)15-9-8-14(16)10-17-15/h8-13,18H,5-7H2,1-4H3. The third-order valence-corrected chi connectivity index (χ3v) is 3.15. The molecule has 0 aliphatic carbocycles. The van der Waals surface area contributed by atoms with E-state index in [1.54, 1.807) is 6.07 Å². The lowest BCUT2D eigenvalue weighted by molar-refractivity contribution is 0.419. The summed E-state index contributed by atoms with van der Waals surface area (Å²) in [5.74, 6) is 0.490. The molecule has 0 fully saturated rings. The molecule has 0 saturated carbocycles. The van der Waals surface area contributed by atoms with Gasteiger partial charge in [0.2, 0.25) is 0 Å². The second-order valence-electron chi connectivity index (χ2n) is 5.52. The van der Waals surface area contributed by atoms with Crippen LogP contribution in [0.4, 0.5) is 4.39 Å². The minimum Gasteiger partial charge on any atom is -0.306 e. The summed E-state index contributed by atoms with van der Waals surface area (Å²) in [6.45, 7) is 8.77. The first kappa shape index (κ1) is 15.1. The molecule has 18 heavy (non-hydrogen) atoms.